The second-order valence-corrected chi connectivity index (χ2v) is 8.40. The van der Waals surface area contributed by atoms with Crippen molar-refractivity contribution < 1.29 is 9.59 Å². The predicted octanol–water partition coefficient (Wildman–Crippen LogP) is 4.65. The van der Waals surface area contributed by atoms with Crippen LogP contribution in [0, 0.1) is 17.8 Å². The van der Waals surface area contributed by atoms with Gasteiger partial charge in [-0.25, -0.2) is 0 Å². The van der Waals surface area contributed by atoms with Gasteiger partial charge in [0.2, 0.25) is 0 Å². The third-order valence-corrected chi connectivity index (χ3v) is 5.55. The molecule has 1 amide bonds. The first-order valence-corrected chi connectivity index (χ1v) is 10.2. The van der Waals surface area contributed by atoms with E-state index < -0.39 is 0 Å². The Kier molecular flexibility index (Phi) is 7.76. The minimum atomic E-state index is -0.327. The summed E-state index contributed by atoms with van der Waals surface area (Å²) in [6, 6.07) is 7.80. The number of nitrogens with zero attached hydrogens (tertiary/aromatic N) is 1. The van der Waals surface area contributed by atoms with Gasteiger partial charge in [0.25, 0.3) is 5.91 Å². The second kappa shape index (κ2) is 9.83. The van der Waals surface area contributed by atoms with E-state index in [0.717, 1.165) is 13.0 Å². The lowest BCUT2D eigenvalue weighted by molar-refractivity contribution is -0.123. The highest BCUT2D eigenvalue weighted by Crippen LogP contribution is 2.31. The van der Waals surface area contributed by atoms with Gasteiger partial charge >= 0.3 is 0 Å². The molecule has 0 spiro atoms. The largest absolute Gasteiger partial charge is 0.322 e. The molecule has 1 N–H and O–H groups in total. The molecule has 2 rings (SSSR count). The molecular formula is C24H34N2O2. The Labute approximate surface area is 169 Å². The summed E-state index contributed by atoms with van der Waals surface area (Å²) in [6.07, 6.45) is 6.35. The molecule has 0 saturated carbocycles. The summed E-state index contributed by atoms with van der Waals surface area (Å²) in [4.78, 5) is 28.0. The average molecular weight is 383 g/mol. The summed E-state index contributed by atoms with van der Waals surface area (Å²) in [5, 5.41) is 2.88. The fraction of sp³-hybridized carbons (Fsp3) is 0.500. The fourth-order valence-electron chi connectivity index (χ4n) is 4.02. The van der Waals surface area contributed by atoms with Gasteiger partial charge in [-0.1, -0.05) is 58.4 Å². The van der Waals surface area contributed by atoms with Crippen LogP contribution in [0.5, 0.6) is 0 Å². The Morgan fingerprint density at radius 3 is 2.32 bits per heavy atom. The van der Waals surface area contributed by atoms with Crippen molar-refractivity contribution in [2.24, 2.45) is 17.8 Å². The molecule has 1 aromatic rings. The molecule has 0 aromatic heterocycles. The van der Waals surface area contributed by atoms with E-state index >= 15 is 0 Å². The maximum atomic E-state index is 13.1. The van der Waals surface area contributed by atoms with Gasteiger partial charge in [-0.3, -0.25) is 9.59 Å². The standard InChI is InChI=1S/C24H34N2O2/c1-7-20(17(4)15-26(5)6)21-9-8-10-22(23(21)27)24(28)25-19-13-11-18(12-14-19)16(2)3/h8-14,16-17,20-21H,7,15H2,1-6H3,(H,25,28). The van der Waals surface area contributed by atoms with Gasteiger partial charge in [-0.05, 0) is 55.6 Å². The zero-order chi connectivity index (χ0) is 20.8. The van der Waals surface area contributed by atoms with Crippen LogP contribution < -0.4 is 5.32 Å². The van der Waals surface area contributed by atoms with Crippen LogP contribution in [0.3, 0.4) is 0 Å². The van der Waals surface area contributed by atoms with Crippen LogP contribution in [0.25, 0.3) is 0 Å². The van der Waals surface area contributed by atoms with Crippen LogP contribution in [-0.2, 0) is 9.59 Å². The zero-order valence-corrected chi connectivity index (χ0v) is 18.0. The molecular weight excluding hydrogens is 348 g/mol. The van der Waals surface area contributed by atoms with Crippen molar-refractivity contribution in [3.63, 3.8) is 0 Å². The summed E-state index contributed by atoms with van der Waals surface area (Å²) >= 11 is 0. The van der Waals surface area contributed by atoms with E-state index in [1.807, 2.05) is 50.5 Å². The maximum absolute atomic E-state index is 13.1. The highest BCUT2D eigenvalue weighted by atomic mass is 16.2. The molecule has 1 aromatic carbocycles. The van der Waals surface area contributed by atoms with Gasteiger partial charge in [0.1, 0.15) is 0 Å². The van der Waals surface area contributed by atoms with Crippen LogP contribution in [0.15, 0.2) is 48.1 Å². The highest BCUT2D eigenvalue weighted by molar-refractivity contribution is 6.25. The lowest BCUT2D eigenvalue weighted by atomic mass is 9.75. The molecule has 0 heterocycles. The summed E-state index contributed by atoms with van der Waals surface area (Å²) in [7, 11) is 4.09. The molecule has 4 heteroatoms. The third-order valence-electron chi connectivity index (χ3n) is 5.55. The molecule has 1 aliphatic carbocycles. The van der Waals surface area contributed by atoms with Crippen molar-refractivity contribution in [1.82, 2.24) is 4.90 Å². The number of hydrogen-bond donors (Lipinski definition) is 1. The van der Waals surface area contributed by atoms with E-state index in [4.69, 9.17) is 0 Å². The third kappa shape index (κ3) is 5.41. The molecule has 28 heavy (non-hydrogen) atoms. The first kappa shape index (κ1) is 22.1. The molecule has 152 valence electrons. The average Bonchev–Trinajstić information content (AvgIpc) is 2.63. The molecule has 0 fully saturated rings. The van der Waals surface area contributed by atoms with Crippen LogP contribution in [0.4, 0.5) is 5.69 Å². The first-order valence-electron chi connectivity index (χ1n) is 10.2. The van der Waals surface area contributed by atoms with E-state index in [2.05, 4.69) is 37.9 Å². The number of rotatable bonds is 8. The van der Waals surface area contributed by atoms with Crippen molar-refractivity contribution >= 4 is 17.4 Å². The summed E-state index contributed by atoms with van der Waals surface area (Å²) in [5.74, 6) is 0.378. The second-order valence-electron chi connectivity index (χ2n) is 8.40. The minimum Gasteiger partial charge on any atom is -0.322 e. The lowest BCUT2D eigenvalue weighted by Gasteiger charge is -2.31. The van der Waals surface area contributed by atoms with Gasteiger partial charge in [0, 0.05) is 18.2 Å². The highest BCUT2D eigenvalue weighted by Gasteiger charge is 2.34. The maximum Gasteiger partial charge on any atom is 0.259 e. The SMILES string of the molecule is CCC(C(C)CN(C)C)C1C=CC=C(C(=O)Nc2ccc(C(C)C)cc2)C1=O. The summed E-state index contributed by atoms with van der Waals surface area (Å²) < 4.78 is 0. The lowest BCUT2D eigenvalue weighted by Crippen LogP contribution is -2.36. The molecule has 1 aliphatic rings. The predicted molar refractivity (Wildman–Crippen MR) is 116 cm³/mol. The van der Waals surface area contributed by atoms with Crippen LogP contribution in [0.2, 0.25) is 0 Å². The van der Waals surface area contributed by atoms with Gasteiger partial charge in [-0.15, -0.1) is 0 Å². The van der Waals surface area contributed by atoms with Gasteiger partial charge in [0.05, 0.1) is 5.57 Å². The van der Waals surface area contributed by atoms with Crippen LogP contribution in [0.1, 0.15) is 45.6 Å². The Hall–Kier alpha value is -2.20. The normalized spacial score (nSPS) is 18.9. The molecule has 4 nitrogen and oxygen atoms in total. The number of anilines is 1. The van der Waals surface area contributed by atoms with E-state index in [9.17, 15) is 9.59 Å². The van der Waals surface area contributed by atoms with Crippen molar-refractivity contribution in [3.05, 3.63) is 53.6 Å². The number of hydrogen-bond acceptors (Lipinski definition) is 3. The van der Waals surface area contributed by atoms with Crippen molar-refractivity contribution in [2.45, 2.75) is 40.0 Å². The number of nitrogens with one attached hydrogen (secondary N) is 1. The number of ketones is 1. The number of carbonyl (C=O) groups is 2. The summed E-state index contributed by atoms with van der Waals surface area (Å²) in [5.41, 5.74) is 2.17. The molecule has 0 bridgehead atoms. The smallest absolute Gasteiger partial charge is 0.259 e. The summed E-state index contributed by atoms with van der Waals surface area (Å²) in [6.45, 7) is 9.49. The number of benzene rings is 1. The number of allylic oxidation sites excluding steroid dienone is 3. The van der Waals surface area contributed by atoms with Crippen molar-refractivity contribution in [3.8, 4) is 0 Å². The van der Waals surface area contributed by atoms with E-state index in [-0.39, 0.29) is 29.1 Å². The Balaban J connectivity index is 2.11. The molecule has 0 aliphatic heterocycles. The van der Waals surface area contributed by atoms with Crippen LogP contribution >= 0.6 is 0 Å². The Morgan fingerprint density at radius 1 is 1.14 bits per heavy atom. The minimum absolute atomic E-state index is 0.0729. The first-order chi connectivity index (χ1) is 13.2. The zero-order valence-electron chi connectivity index (χ0n) is 18.0. The van der Waals surface area contributed by atoms with Gasteiger partial charge in [0.15, 0.2) is 5.78 Å². The molecule has 3 atom stereocenters. The van der Waals surface area contributed by atoms with Gasteiger partial charge < -0.3 is 10.2 Å². The van der Waals surface area contributed by atoms with Gasteiger partial charge in [-0.2, -0.15) is 0 Å². The molecule has 0 radical (unpaired) electrons. The molecule has 0 saturated heterocycles. The Bertz CT molecular complexity index is 744. The van der Waals surface area contributed by atoms with E-state index in [1.54, 1.807) is 6.08 Å². The monoisotopic (exact) mass is 382 g/mol. The van der Waals surface area contributed by atoms with E-state index in [1.165, 1.54) is 5.56 Å². The van der Waals surface area contributed by atoms with Crippen LogP contribution in [-0.4, -0.2) is 37.2 Å². The number of Topliss-reactive ketones (excluding diaryl/α,β-unsaturated/α-hetero) is 1. The van der Waals surface area contributed by atoms with Crippen molar-refractivity contribution in [2.75, 3.05) is 26.0 Å². The van der Waals surface area contributed by atoms with E-state index in [0.29, 0.717) is 17.5 Å². The molecule has 3 unspecified atom stereocenters. The topological polar surface area (TPSA) is 49.4 Å². The fourth-order valence-corrected chi connectivity index (χ4v) is 4.02. The quantitative estimate of drug-likeness (QED) is 0.666. The Morgan fingerprint density at radius 2 is 1.79 bits per heavy atom. The van der Waals surface area contributed by atoms with Crippen molar-refractivity contribution in [1.29, 1.82) is 0 Å². The number of amides is 1. The number of carbonyl (C=O) groups excluding carboxylic acids is 2.